The number of rotatable bonds is 4. The van der Waals surface area contributed by atoms with Gasteiger partial charge in [-0.2, -0.15) is 0 Å². The van der Waals surface area contributed by atoms with Gasteiger partial charge in [0.2, 0.25) is 0 Å². The lowest BCUT2D eigenvalue weighted by atomic mass is 10.2. The predicted molar refractivity (Wildman–Crippen MR) is 69.7 cm³/mol. The minimum Gasteiger partial charge on any atom is -0.485 e. The molecule has 18 heavy (non-hydrogen) atoms. The lowest BCUT2D eigenvalue weighted by Crippen LogP contribution is -2.15. The van der Waals surface area contributed by atoms with Crippen LogP contribution in [-0.4, -0.2) is 11.0 Å². The number of hydrogen-bond donors (Lipinski definition) is 2. The SMILES string of the molecule is N/C(=N/O)c1c(Br)cccc1OCc1ccco1. The number of hydrogen-bond acceptors (Lipinski definition) is 4. The minimum absolute atomic E-state index is 0.0167. The summed E-state index contributed by atoms with van der Waals surface area (Å²) in [6.45, 7) is 0.273. The molecule has 1 aromatic heterocycles. The maximum Gasteiger partial charge on any atom is 0.174 e. The van der Waals surface area contributed by atoms with E-state index < -0.39 is 0 Å². The molecule has 0 saturated carbocycles. The Bertz CT molecular complexity index is 552. The van der Waals surface area contributed by atoms with Gasteiger partial charge in [0.1, 0.15) is 18.1 Å². The summed E-state index contributed by atoms with van der Waals surface area (Å²) in [5, 5.41) is 11.7. The topological polar surface area (TPSA) is 81.0 Å². The molecule has 0 amide bonds. The van der Waals surface area contributed by atoms with Gasteiger partial charge in [-0.05, 0) is 40.2 Å². The minimum atomic E-state index is -0.0167. The molecule has 6 heteroatoms. The van der Waals surface area contributed by atoms with Gasteiger partial charge in [-0.3, -0.25) is 0 Å². The number of nitrogens with two attached hydrogens (primary N) is 1. The molecule has 0 atom stereocenters. The molecule has 0 aliphatic rings. The van der Waals surface area contributed by atoms with Crippen LogP contribution in [0.5, 0.6) is 5.75 Å². The van der Waals surface area contributed by atoms with Crippen LogP contribution in [0.15, 0.2) is 50.6 Å². The zero-order valence-corrected chi connectivity index (χ0v) is 10.9. The highest BCUT2D eigenvalue weighted by Gasteiger charge is 2.12. The van der Waals surface area contributed by atoms with Crippen molar-refractivity contribution < 1.29 is 14.4 Å². The van der Waals surface area contributed by atoms with Gasteiger partial charge in [0.15, 0.2) is 5.84 Å². The van der Waals surface area contributed by atoms with E-state index in [1.165, 1.54) is 0 Å². The number of furan rings is 1. The summed E-state index contributed by atoms with van der Waals surface area (Å²) in [5.41, 5.74) is 6.12. The first-order valence-corrected chi connectivity index (χ1v) is 5.93. The molecule has 0 bridgehead atoms. The summed E-state index contributed by atoms with van der Waals surface area (Å²) in [6, 6.07) is 8.91. The predicted octanol–water partition coefficient (Wildman–Crippen LogP) is 2.72. The molecule has 94 valence electrons. The summed E-state index contributed by atoms with van der Waals surface area (Å²) < 4.78 is 11.4. The van der Waals surface area contributed by atoms with Crippen LogP contribution < -0.4 is 10.5 Å². The van der Waals surface area contributed by atoms with Crippen molar-refractivity contribution in [3.63, 3.8) is 0 Å². The van der Waals surface area contributed by atoms with Crippen LogP contribution in [0, 0.1) is 0 Å². The maximum atomic E-state index is 8.76. The van der Waals surface area contributed by atoms with Crippen LogP contribution in [0.2, 0.25) is 0 Å². The smallest absolute Gasteiger partial charge is 0.174 e. The molecule has 1 aromatic carbocycles. The van der Waals surface area contributed by atoms with E-state index in [2.05, 4.69) is 21.1 Å². The van der Waals surface area contributed by atoms with E-state index in [1.807, 2.05) is 0 Å². The molecule has 2 rings (SSSR count). The third-order valence-corrected chi connectivity index (χ3v) is 2.95. The zero-order valence-electron chi connectivity index (χ0n) is 9.34. The van der Waals surface area contributed by atoms with Crippen LogP contribution in [-0.2, 0) is 6.61 Å². The van der Waals surface area contributed by atoms with E-state index in [4.69, 9.17) is 20.1 Å². The average Bonchev–Trinajstić information content (AvgIpc) is 2.88. The van der Waals surface area contributed by atoms with Crippen molar-refractivity contribution in [2.24, 2.45) is 10.9 Å². The largest absolute Gasteiger partial charge is 0.485 e. The molecule has 0 radical (unpaired) electrons. The van der Waals surface area contributed by atoms with E-state index in [0.717, 1.165) is 0 Å². The van der Waals surface area contributed by atoms with Crippen LogP contribution in [0.25, 0.3) is 0 Å². The molecule has 0 unspecified atom stereocenters. The fourth-order valence-electron chi connectivity index (χ4n) is 1.47. The molecule has 0 saturated heterocycles. The Labute approximate surface area is 112 Å². The molecule has 1 heterocycles. The van der Waals surface area contributed by atoms with Crippen LogP contribution >= 0.6 is 15.9 Å². The highest BCUT2D eigenvalue weighted by atomic mass is 79.9. The summed E-state index contributed by atoms with van der Waals surface area (Å²) in [6.07, 6.45) is 1.57. The lowest BCUT2D eigenvalue weighted by Gasteiger charge is -2.11. The highest BCUT2D eigenvalue weighted by molar-refractivity contribution is 9.10. The molecule has 2 aromatic rings. The first kappa shape index (κ1) is 12.5. The van der Waals surface area contributed by atoms with Gasteiger partial charge >= 0.3 is 0 Å². The first-order valence-electron chi connectivity index (χ1n) is 5.14. The van der Waals surface area contributed by atoms with E-state index in [-0.39, 0.29) is 12.4 Å². The van der Waals surface area contributed by atoms with E-state index >= 15 is 0 Å². The van der Waals surface area contributed by atoms with Crippen molar-refractivity contribution in [2.75, 3.05) is 0 Å². The van der Waals surface area contributed by atoms with Crippen molar-refractivity contribution in [3.05, 3.63) is 52.4 Å². The van der Waals surface area contributed by atoms with E-state index in [9.17, 15) is 0 Å². The second-order valence-electron chi connectivity index (χ2n) is 3.47. The standard InChI is InChI=1S/C12H11BrN2O3/c13-9-4-1-5-10(11(9)12(14)15-16)18-7-8-3-2-6-17-8/h1-6,16H,7H2,(H2,14,15). The van der Waals surface area contributed by atoms with Crippen LogP contribution in [0.4, 0.5) is 0 Å². The number of benzene rings is 1. The second-order valence-corrected chi connectivity index (χ2v) is 4.32. The normalized spacial score (nSPS) is 11.5. The molecule has 3 N–H and O–H groups in total. The van der Waals surface area contributed by atoms with Crippen LogP contribution in [0.3, 0.4) is 0 Å². The van der Waals surface area contributed by atoms with Gasteiger partial charge in [-0.15, -0.1) is 0 Å². The Kier molecular flexibility index (Phi) is 3.88. The third kappa shape index (κ3) is 2.65. The van der Waals surface area contributed by atoms with Crippen molar-refractivity contribution in [2.45, 2.75) is 6.61 Å². The molecule has 0 aliphatic heterocycles. The second kappa shape index (κ2) is 5.59. The fourth-order valence-corrected chi connectivity index (χ4v) is 2.02. The summed E-state index contributed by atoms with van der Waals surface area (Å²) in [5.74, 6) is 1.19. The number of ether oxygens (including phenoxy) is 1. The Balaban J connectivity index is 2.24. The summed E-state index contributed by atoms with van der Waals surface area (Å²) in [7, 11) is 0. The van der Waals surface area contributed by atoms with Crippen molar-refractivity contribution in [1.29, 1.82) is 0 Å². The number of nitrogens with zero attached hydrogens (tertiary/aromatic N) is 1. The van der Waals surface area contributed by atoms with E-state index in [1.54, 1.807) is 36.6 Å². The van der Waals surface area contributed by atoms with Crippen molar-refractivity contribution in [1.82, 2.24) is 0 Å². The van der Waals surface area contributed by atoms with E-state index in [0.29, 0.717) is 21.5 Å². The Morgan fingerprint density at radius 2 is 2.22 bits per heavy atom. The number of oxime groups is 1. The van der Waals surface area contributed by atoms with Gasteiger partial charge in [-0.25, -0.2) is 0 Å². The van der Waals surface area contributed by atoms with Crippen molar-refractivity contribution in [3.8, 4) is 5.75 Å². The Morgan fingerprint density at radius 3 is 2.89 bits per heavy atom. The van der Waals surface area contributed by atoms with Gasteiger partial charge in [0, 0.05) is 4.47 Å². The average molecular weight is 311 g/mol. The molecular formula is C12H11BrN2O3. The molecule has 0 aliphatic carbocycles. The Morgan fingerprint density at radius 1 is 1.39 bits per heavy atom. The van der Waals surface area contributed by atoms with Crippen molar-refractivity contribution >= 4 is 21.8 Å². The monoisotopic (exact) mass is 310 g/mol. The summed E-state index contributed by atoms with van der Waals surface area (Å²) >= 11 is 3.33. The van der Waals surface area contributed by atoms with Gasteiger partial charge in [-0.1, -0.05) is 11.2 Å². The lowest BCUT2D eigenvalue weighted by molar-refractivity contribution is 0.269. The first-order chi connectivity index (χ1) is 8.72. The summed E-state index contributed by atoms with van der Waals surface area (Å²) in [4.78, 5) is 0. The zero-order chi connectivity index (χ0) is 13.0. The van der Waals surface area contributed by atoms with Crippen LogP contribution in [0.1, 0.15) is 11.3 Å². The van der Waals surface area contributed by atoms with Gasteiger partial charge < -0.3 is 20.1 Å². The Hall–Kier alpha value is -1.95. The van der Waals surface area contributed by atoms with Gasteiger partial charge in [0.25, 0.3) is 0 Å². The number of halogens is 1. The highest BCUT2D eigenvalue weighted by Crippen LogP contribution is 2.27. The maximum absolute atomic E-state index is 8.76. The van der Waals surface area contributed by atoms with Gasteiger partial charge in [0.05, 0.1) is 11.8 Å². The fraction of sp³-hybridized carbons (Fsp3) is 0.0833. The quantitative estimate of drug-likeness (QED) is 0.394. The molecule has 0 spiro atoms. The molecule has 0 fully saturated rings. The molecule has 5 nitrogen and oxygen atoms in total. The third-order valence-electron chi connectivity index (χ3n) is 2.29. The number of amidine groups is 1. The molecular weight excluding hydrogens is 300 g/mol.